The van der Waals surface area contributed by atoms with E-state index in [1.54, 1.807) is 19.1 Å². The minimum Gasteiger partial charge on any atom is -0.462 e. The molecule has 1 aromatic heterocycles. The number of esters is 1. The van der Waals surface area contributed by atoms with Crippen molar-refractivity contribution in [2.24, 2.45) is 0 Å². The molecular formula is C15H15BrN4O3S. The smallest absolute Gasteiger partial charge is 0.343 e. The Hall–Kier alpha value is -2.13. The van der Waals surface area contributed by atoms with Crippen LogP contribution in [0, 0.1) is 0 Å². The van der Waals surface area contributed by atoms with Gasteiger partial charge in [0, 0.05) is 16.4 Å². The van der Waals surface area contributed by atoms with Gasteiger partial charge in [0.2, 0.25) is 5.91 Å². The molecule has 0 bridgehead atoms. The Balaban J connectivity index is 1.91. The van der Waals surface area contributed by atoms with Crippen molar-refractivity contribution in [3.05, 3.63) is 40.5 Å². The van der Waals surface area contributed by atoms with Crippen LogP contribution in [-0.4, -0.2) is 34.2 Å². The second kappa shape index (κ2) is 8.65. The molecule has 1 amide bonds. The quantitative estimate of drug-likeness (QED) is 0.428. The van der Waals surface area contributed by atoms with Crippen molar-refractivity contribution in [1.29, 1.82) is 0 Å². The molecule has 2 rings (SSSR count). The fourth-order valence-electron chi connectivity index (χ4n) is 1.67. The number of rotatable bonds is 6. The molecule has 1 aromatic carbocycles. The van der Waals surface area contributed by atoms with Gasteiger partial charge in [-0.25, -0.2) is 14.8 Å². The molecule has 0 aliphatic heterocycles. The van der Waals surface area contributed by atoms with Gasteiger partial charge < -0.3 is 15.8 Å². The van der Waals surface area contributed by atoms with Crippen molar-refractivity contribution in [2.45, 2.75) is 12.1 Å². The number of nitrogens with zero attached hydrogens (tertiary/aromatic N) is 2. The summed E-state index contributed by atoms with van der Waals surface area (Å²) in [6.07, 6.45) is 1.30. The lowest BCUT2D eigenvalue weighted by atomic mass is 10.3. The second-order valence-corrected chi connectivity index (χ2v) is 6.37. The predicted octanol–water partition coefficient (Wildman–Crippen LogP) is 2.73. The van der Waals surface area contributed by atoms with E-state index in [0.29, 0.717) is 10.8 Å². The van der Waals surface area contributed by atoms with Crippen LogP contribution in [0.2, 0.25) is 0 Å². The largest absolute Gasteiger partial charge is 0.462 e. The molecule has 3 N–H and O–H groups in total. The molecule has 0 aliphatic rings. The summed E-state index contributed by atoms with van der Waals surface area (Å²) in [5.41, 5.74) is 6.53. The number of anilines is 2. The number of hydrogen-bond acceptors (Lipinski definition) is 7. The van der Waals surface area contributed by atoms with E-state index in [0.717, 1.165) is 16.2 Å². The summed E-state index contributed by atoms with van der Waals surface area (Å²) in [4.78, 5) is 31.6. The summed E-state index contributed by atoms with van der Waals surface area (Å²) >= 11 is 4.45. The van der Waals surface area contributed by atoms with Gasteiger partial charge in [-0.15, -0.1) is 0 Å². The van der Waals surface area contributed by atoms with Crippen LogP contribution in [0.5, 0.6) is 0 Å². The first kappa shape index (κ1) is 18.2. The van der Waals surface area contributed by atoms with Gasteiger partial charge in [0.1, 0.15) is 11.4 Å². The number of carbonyl (C=O) groups excluding carboxylic acids is 2. The van der Waals surface area contributed by atoms with E-state index in [1.807, 2.05) is 12.1 Å². The number of carbonyl (C=O) groups is 2. The maximum atomic E-state index is 11.9. The average molecular weight is 411 g/mol. The topological polar surface area (TPSA) is 107 Å². The Morgan fingerprint density at radius 3 is 2.67 bits per heavy atom. The summed E-state index contributed by atoms with van der Waals surface area (Å²) in [7, 11) is 0. The molecule has 1 heterocycles. The monoisotopic (exact) mass is 410 g/mol. The van der Waals surface area contributed by atoms with Gasteiger partial charge in [-0.2, -0.15) is 0 Å². The lowest BCUT2D eigenvalue weighted by Crippen LogP contribution is -2.15. The van der Waals surface area contributed by atoms with Gasteiger partial charge in [-0.05, 0) is 31.2 Å². The molecule has 0 unspecified atom stereocenters. The number of aromatic nitrogens is 2. The maximum Gasteiger partial charge on any atom is 0.343 e. The SMILES string of the molecule is CCOC(=O)c1cnc(SCC(=O)Nc2ccc(Br)cc2)nc1N. The third-order valence-corrected chi connectivity index (χ3v) is 4.14. The van der Waals surface area contributed by atoms with Crippen LogP contribution in [0.25, 0.3) is 0 Å². The molecule has 0 atom stereocenters. The second-order valence-electron chi connectivity index (χ2n) is 4.52. The number of nitrogens with two attached hydrogens (primary N) is 1. The van der Waals surface area contributed by atoms with Crippen molar-refractivity contribution >= 4 is 51.1 Å². The summed E-state index contributed by atoms with van der Waals surface area (Å²) in [5.74, 6) is -0.619. The highest BCUT2D eigenvalue weighted by Crippen LogP contribution is 2.18. The Morgan fingerprint density at radius 2 is 2.04 bits per heavy atom. The fourth-order valence-corrected chi connectivity index (χ4v) is 2.56. The minimum atomic E-state index is -0.570. The van der Waals surface area contributed by atoms with Crippen LogP contribution in [0.4, 0.5) is 11.5 Å². The van der Waals surface area contributed by atoms with Crippen LogP contribution in [0.1, 0.15) is 17.3 Å². The summed E-state index contributed by atoms with van der Waals surface area (Å²) < 4.78 is 5.78. The summed E-state index contributed by atoms with van der Waals surface area (Å²) in [6, 6.07) is 7.24. The lowest BCUT2D eigenvalue weighted by Gasteiger charge is -2.07. The number of benzene rings is 1. The van der Waals surface area contributed by atoms with Gasteiger partial charge in [0.05, 0.1) is 12.4 Å². The van der Waals surface area contributed by atoms with E-state index in [-0.39, 0.29) is 29.6 Å². The van der Waals surface area contributed by atoms with Crippen molar-refractivity contribution < 1.29 is 14.3 Å². The average Bonchev–Trinajstić information content (AvgIpc) is 2.55. The highest BCUT2D eigenvalue weighted by molar-refractivity contribution is 9.10. The van der Waals surface area contributed by atoms with Gasteiger partial charge in [-0.3, -0.25) is 4.79 Å². The minimum absolute atomic E-state index is 0.0271. The standard InChI is InChI=1S/C15H15BrN4O3S/c1-2-23-14(22)11-7-18-15(20-13(11)17)24-8-12(21)19-10-5-3-9(16)4-6-10/h3-7H,2,8H2,1H3,(H,19,21)(H2,17,18,20). The Labute approximate surface area is 151 Å². The van der Waals surface area contributed by atoms with Gasteiger partial charge in [0.25, 0.3) is 0 Å². The number of thioether (sulfide) groups is 1. The molecular weight excluding hydrogens is 396 g/mol. The highest BCUT2D eigenvalue weighted by atomic mass is 79.9. The van der Waals surface area contributed by atoms with Crippen molar-refractivity contribution in [3.63, 3.8) is 0 Å². The number of halogens is 1. The van der Waals surface area contributed by atoms with Gasteiger partial charge in [-0.1, -0.05) is 27.7 Å². The summed E-state index contributed by atoms with van der Waals surface area (Å²) in [6.45, 7) is 1.94. The van der Waals surface area contributed by atoms with Crippen LogP contribution < -0.4 is 11.1 Å². The first-order valence-corrected chi connectivity index (χ1v) is 8.75. The molecule has 24 heavy (non-hydrogen) atoms. The number of nitrogens with one attached hydrogen (secondary N) is 1. The first-order valence-electron chi connectivity index (χ1n) is 6.97. The Kier molecular flexibility index (Phi) is 6.56. The zero-order chi connectivity index (χ0) is 17.5. The molecule has 0 radical (unpaired) electrons. The van der Waals surface area contributed by atoms with Crippen molar-refractivity contribution in [1.82, 2.24) is 9.97 Å². The zero-order valence-electron chi connectivity index (χ0n) is 12.8. The third-order valence-electron chi connectivity index (χ3n) is 2.75. The fraction of sp³-hybridized carbons (Fsp3) is 0.200. The van der Waals surface area contributed by atoms with E-state index in [2.05, 4.69) is 31.2 Å². The molecule has 2 aromatic rings. The van der Waals surface area contributed by atoms with E-state index in [9.17, 15) is 9.59 Å². The molecule has 126 valence electrons. The summed E-state index contributed by atoms with van der Waals surface area (Å²) in [5, 5.41) is 3.07. The predicted molar refractivity (Wildman–Crippen MR) is 95.9 cm³/mol. The number of amides is 1. The molecule has 0 aliphatic carbocycles. The molecule has 9 heteroatoms. The van der Waals surface area contributed by atoms with Crippen molar-refractivity contribution in [2.75, 3.05) is 23.4 Å². The lowest BCUT2D eigenvalue weighted by molar-refractivity contribution is -0.113. The number of nitrogen functional groups attached to an aromatic ring is 1. The Bertz CT molecular complexity index is 740. The highest BCUT2D eigenvalue weighted by Gasteiger charge is 2.14. The first-order chi connectivity index (χ1) is 11.5. The molecule has 0 fully saturated rings. The normalized spacial score (nSPS) is 10.2. The Morgan fingerprint density at radius 1 is 1.33 bits per heavy atom. The molecule has 7 nitrogen and oxygen atoms in total. The van der Waals surface area contributed by atoms with E-state index < -0.39 is 5.97 Å². The molecule has 0 saturated heterocycles. The van der Waals surface area contributed by atoms with Crippen LogP contribution in [-0.2, 0) is 9.53 Å². The van der Waals surface area contributed by atoms with Crippen LogP contribution in [0.3, 0.4) is 0 Å². The maximum absolute atomic E-state index is 11.9. The van der Waals surface area contributed by atoms with E-state index >= 15 is 0 Å². The number of ether oxygens (including phenoxy) is 1. The van der Waals surface area contributed by atoms with E-state index in [4.69, 9.17) is 10.5 Å². The van der Waals surface area contributed by atoms with E-state index in [1.165, 1.54) is 6.20 Å². The zero-order valence-corrected chi connectivity index (χ0v) is 15.2. The van der Waals surface area contributed by atoms with Gasteiger partial charge in [0.15, 0.2) is 5.16 Å². The van der Waals surface area contributed by atoms with Crippen LogP contribution in [0.15, 0.2) is 40.1 Å². The van der Waals surface area contributed by atoms with Gasteiger partial charge >= 0.3 is 5.97 Å². The molecule has 0 saturated carbocycles. The van der Waals surface area contributed by atoms with Crippen molar-refractivity contribution in [3.8, 4) is 0 Å². The number of hydrogen-bond donors (Lipinski definition) is 2. The molecule has 0 spiro atoms. The van der Waals surface area contributed by atoms with Crippen LogP contribution >= 0.6 is 27.7 Å². The third kappa shape index (κ3) is 5.20.